The van der Waals surface area contributed by atoms with Crippen molar-refractivity contribution in [3.63, 3.8) is 0 Å². The van der Waals surface area contributed by atoms with Crippen molar-refractivity contribution in [2.24, 2.45) is 5.73 Å². The molecule has 1 aliphatic rings. The van der Waals surface area contributed by atoms with E-state index >= 15 is 0 Å². The van der Waals surface area contributed by atoms with E-state index in [2.05, 4.69) is 35.9 Å². The largest absolute Gasteiger partial charge is 0.496 e. The summed E-state index contributed by atoms with van der Waals surface area (Å²) in [4.78, 5) is 4.96. The first kappa shape index (κ1) is 16.3. The number of ether oxygens (including phenoxy) is 1. The van der Waals surface area contributed by atoms with Gasteiger partial charge in [-0.15, -0.1) is 0 Å². The van der Waals surface area contributed by atoms with Gasteiger partial charge in [-0.2, -0.15) is 0 Å². The van der Waals surface area contributed by atoms with Gasteiger partial charge in [-0.1, -0.05) is 6.07 Å². The minimum atomic E-state index is 0.0577. The van der Waals surface area contributed by atoms with Crippen LogP contribution >= 0.6 is 0 Å². The molecule has 0 aromatic heterocycles. The van der Waals surface area contributed by atoms with Crippen molar-refractivity contribution in [2.75, 3.05) is 33.8 Å². The highest BCUT2D eigenvalue weighted by atomic mass is 16.5. The average Bonchev–Trinajstić information content (AvgIpc) is 2.60. The van der Waals surface area contributed by atoms with Gasteiger partial charge in [0.15, 0.2) is 0 Å². The lowest BCUT2D eigenvalue weighted by Gasteiger charge is -2.28. The molecular formula is C17H29N3O. The molecule has 2 atom stereocenters. The lowest BCUT2D eigenvalue weighted by atomic mass is 10.0. The fourth-order valence-corrected chi connectivity index (χ4v) is 3.08. The minimum Gasteiger partial charge on any atom is -0.496 e. The molecule has 21 heavy (non-hydrogen) atoms. The van der Waals surface area contributed by atoms with E-state index in [1.54, 1.807) is 7.11 Å². The number of methoxy groups -OCH3 is 1. The van der Waals surface area contributed by atoms with Crippen molar-refractivity contribution in [1.82, 2.24) is 9.80 Å². The molecule has 1 heterocycles. The van der Waals surface area contributed by atoms with Gasteiger partial charge >= 0.3 is 0 Å². The van der Waals surface area contributed by atoms with E-state index in [0.29, 0.717) is 6.04 Å². The molecule has 2 N–H and O–H groups in total. The fourth-order valence-electron chi connectivity index (χ4n) is 3.08. The second-order valence-electron chi connectivity index (χ2n) is 6.30. The van der Waals surface area contributed by atoms with Crippen LogP contribution in [0.3, 0.4) is 0 Å². The Balaban J connectivity index is 2.18. The summed E-state index contributed by atoms with van der Waals surface area (Å²) in [5, 5.41) is 0. The maximum atomic E-state index is 6.02. The monoisotopic (exact) mass is 291 g/mol. The van der Waals surface area contributed by atoms with Crippen LogP contribution in [0, 0.1) is 0 Å². The number of benzene rings is 1. The Kier molecular flexibility index (Phi) is 5.62. The van der Waals surface area contributed by atoms with Crippen LogP contribution in [0.4, 0.5) is 0 Å². The Morgan fingerprint density at radius 3 is 2.81 bits per heavy atom. The number of hydrogen-bond donors (Lipinski definition) is 1. The summed E-state index contributed by atoms with van der Waals surface area (Å²) in [6.07, 6.45) is 1.22. The summed E-state index contributed by atoms with van der Waals surface area (Å²) in [6, 6.07) is 6.92. The average molecular weight is 291 g/mol. The lowest BCUT2D eigenvalue weighted by Crippen LogP contribution is -2.37. The molecule has 1 saturated heterocycles. The smallest absolute Gasteiger partial charge is 0.123 e. The summed E-state index contributed by atoms with van der Waals surface area (Å²) in [6.45, 7) is 8.70. The predicted molar refractivity (Wildman–Crippen MR) is 87.6 cm³/mol. The predicted octanol–water partition coefficient (Wildman–Crippen LogP) is 2.24. The molecule has 0 aliphatic carbocycles. The third kappa shape index (κ3) is 4.19. The molecule has 0 spiro atoms. The molecule has 0 bridgehead atoms. The molecule has 1 aromatic rings. The summed E-state index contributed by atoms with van der Waals surface area (Å²) in [5.74, 6) is 0.962. The van der Waals surface area contributed by atoms with E-state index in [9.17, 15) is 0 Å². The number of rotatable bonds is 4. The number of hydrogen-bond acceptors (Lipinski definition) is 4. The molecule has 0 radical (unpaired) electrons. The zero-order valence-corrected chi connectivity index (χ0v) is 13.8. The first-order chi connectivity index (χ1) is 10.0. The second-order valence-corrected chi connectivity index (χ2v) is 6.30. The van der Waals surface area contributed by atoms with Crippen molar-refractivity contribution >= 4 is 0 Å². The topological polar surface area (TPSA) is 41.7 Å². The number of nitrogens with zero attached hydrogens (tertiary/aromatic N) is 2. The van der Waals surface area contributed by atoms with Crippen LogP contribution in [0.5, 0.6) is 5.75 Å². The quantitative estimate of drug-likeness (QED) is 0.924. The van der Waals surface area contributed by atoms with E-state index in [0.717, 1.165) is 25.4 Å². The van der Waals surface area contributed by atoms with Gasteiger partial charge in [0.25, 0.3) is 0 Å². The first-order valence-corrected chi connectivity index (χ1v) is 7.86. The van der Waals surface area contributed by atoms with Crippen LogP contribution in [0.15, 0.2) is 18.2 Å². The lowest BCUT2D eigenvalue weighted by molar-refractivity contribution is 0.192. The maximum Gasteiger partial charge on any atom is 0.123 e. The Morgan fingerprint density at radius 1 is 1.38 bits per heavy atom. The van der Waals surface area contributed by atoms with Gasteiger partial charge in [0.2, 0.25) is 0 Å². The van der Waals surface area contributed by atoms with Crippen LogP contribution in [-0.4, -0.2) is 49.6 Å². The zero-order valence-electron chi connectivity index (χ0n) is 13.8. The summed E-state index contributed by atoms with van der Waals surface area (Å²) in [7, 11) is 3.95. The molecule has 0 saturated carbocycles. The van der Waals surface area contributed by atoms with Gasteiger partial charge < -0.3 is 15.4 Å². The number of nitrogens with two attached hydrogens (primary N) is 1. The standard InChI is InChI=1S/C17H29N3O/c1-13-11-19(3)8-5-9-20(13)12-16-10-15(14(2)18)6-7-17(16)21-4/h6-7,10,13-14H,5,8-9,11-12,18H2,1-4H3. The molecule has 1 fully saturated rings. The zero-order chi connectivity index (χ0) is 15.4. The second kappa shape index (κ2) is 7.25. The van der Waals surface area contributed by atoms with E-state index in [1.807, 2.05) is 13.0 Å². The summed E-state index contributed by atoms with van der Waals surface area (Å²) >= 11 is 0. The highest BCUT2D eigenvalue weighted by molar-refractivity contribution is 5.38. The SMILES string of the molecule is COc1ccc(C(C)N)cc1CN1CCCN(C)CC1C. The maximum absolute atomic E-state index is 6.02. The van der Waals surface area contributed by atoms with Crippen LogP contribution in [0.1, 0.15) is 37.4 Å². The van der Waals surface area contributed by atoms with Crippen LogP contribution in [-0.2, 0) is 6.54 Å². The van der Waals surface area contributed by atoms with E-state index in [-0.39, 0.29) is 6.04 Å². The Bertz CT molecular complexity index is 461. The van der Waals surface area contributed by atoms with Gasteiger partial charge in [0.1, 0.15) is 5.75 Å². The Morgan fingerprint density at radius 2 is 2.14 bits per heavy atom. The highest BCUT2D eigenvalue weighted by Gasteiger charge is 2.21. The Hall–Kier alpha value is -1.10. The number of likely N-dealkylation sites (N-methyl/N-ethyl adjacent to an activating group) is 1. The van der Waals surface area contributed by atoms with Crippen molar-refractivity contribution in [3.05, 3.63) is 29.3 Å². The van der Waals surface area contributed by atoms with Crippen molar-refractivity contribution in [1.29, 1.82) is 0 Å². The van der Waals surface area contributed by atoms with Gasteiger partial charge in [-0.25, -0.2) is 0 Å². The van der Waals surface area contributed by atoms with Crippen LogP contribution < -0.4 is 10.5 Å². The molecular weight excluding hydrogens is 262 g/mol. The molecule has 118 valence electrons. The van der Waals surface area contributed by atoms with Crippen LogP contribution in [0.25, 0.3) is 0 Å². The van der Waals surface area contributed by atoms with Gasteiger partial charge in [-0.3, -0.25) is 4.90 Å². The molecule has 0 amide bonds. The van der Waals surface area contributed by atoms with E-state index in [1.165, 1.54) is 24.1 Å². The van der Waals surface area contributed by atoms with E-state index in [4.69, 9.17) is 10.5 Å². The molecule has 4 nitrogen and oxygen atoms in total. The third-order valence-corrected chi connectivity index (χ3v) is 4.39. The molecule has 4 heteroatoms. The van der Waals surface area contributed by atoms with Crippen molar-refractivity contribution < 1.29 is 4.74 Å². The van der Waals surface area contributed by atoms with Crippen molar-refractivity contribution in [3.8, 4) is 5.75 Å². The molecule has 2 unspecified atom stereocenters. The normalized spacial score (nSPS) is 22.8. The fraction of sp³-hybridized carbons (Fsp3) is 0.647. The first-order valence-electron chi connectivity index (χ1n) is 7.86. The van der Waals surface area contributed by atoms with E-state index < -0.39 is 0 Å². The van der Waals surface area contributed by atoms with Gasteiger partial charge in [-0.05, 0) is 51.6 Å². The van der Waals surface area contributed by atoms with Gasteiger partial charge in [0, 0.05) is 37.3 Å². The molecule has 1 aromatic carbocycles. The summed E-state index contributed by atoms with van der Waals surface area (Å²) < 4.78 is 5.53. The third-order valence-electron chi connectivity index (χ3n) is 4.39. The van der Waals surface area contributed by atoms with Crippen molar-refractivity contribution in [2.45, 2.75) is 38.9 Å². The minimum absolute atomic E-state index is 0.0577. The van der Waals surface area contributed by atoms with Crippen LogP contribution in [0.2, 0.25) is 0 Å². The molecule has 2 rings (SSSR count). The highest BCUT2D eigenvalue weighted by Crippen LogP contribution is 2.25. The summed E-state index contributed by atoms with van der Waals surface area (Å²) in [5.41, 5.74) is 8.43. The van der Waals surface area contributed by atoms with Gasteiger partial charge in [0.05, 0.1) is 7.11 Å². The molecule has 1 aliphatic heterocycles. The Labute approximate surface area is 128 Å².